The van der Waals surface area contributed by atoms with Crippen LogP contribution in [0, 0.1) is 10.1 Å². The van der Waals surface area contributed by atoms with Crippen molar-refractivity contribution in [2.24, 2.45) is 0 Å². The third-order valence-corrected chi connectivity index (χ3v) is 3.86. The van der Waals surface area contributed by atoms with Crippen molar-refractivity contribution in [3.63, 3.8) is 0 Å². The van der Waals surface area contributed by atoms with Gasteiger partial charge in [-0.1, -0.05) is 19.1 Å². The Hall–Kier alpha value is -2.89. The van der Waals surface area contributed by atoms with Gasteiger partial charge in [-0.2, -0.15) is 0 Å². The van der Waals surface area contributed by atoms with E-state index in [0.717, 1.165) is 12.1 Å². The molecule has 0 saturated carbocycles. The largest absolute Gasteiger partial charge is 0.486 e. The van der Waals surface area contributed by atoms with Gasteiger partial charge in [0, 0.05) is 17.7 Å². The lowest BCUT2D eigenvalue weighted by molar-refractivity contribution is -0.384. The number of non-ortho nitro benzene ring substituents is 1. The lowest BCUT2D eigenvalue weighted by Gasteiger charge is -2.34. The monoisotopic (exact) mass is 312 g/mol. The number of nitro groups is 1. The van der Waals surface area contributed by atoms with Gasteiger partial charge >= 0.3 is 0 Å². The molecule has 0 N–H and O–H groups in total. The van der Waals surface area contributed by atoms with Crippen LogP contribution >= 0.6 is 0 Å². The van der Waals surface area contributed by atoms with E-state index in [0.29, 0.717) is 17.9 Å². The third kappa shape index (κ3) is 2.88. The van der Waals surface area contributed by atoms with Crippen LogP contribution < -0.4 is 9.64 Å². The highest BCUT2D eigenvalue weighted by molar-refractivity contribution is 6.07. The Morgan fingerprint density at radius 1 is 1.26 bits per heavy atom. The summed E-state index contributed by atoms with van der Waals surface area (Å²) in [7, 11) is 0. The summed E-state index contributed by atoms with van der Waals surface area (Å²) in [6.07, 6.45) is 0.727. The van der Waals surface area contributed by atoms with Crippen molar-refractivity contribution in [1.82, 2.24) is 0 Å². The van der Waals surface area contributed by atoms with Crippen molar-refractivity contribution in [3.05, 3.63) is 64.2 Å². The molecule has 0 saturated heterocycles. The second kappa shape index (κ2) is 6.08. The van der Waals surface area contributed by atoms with E-state index < -0.39 is 4.92 Å². The summed E-state index contributed by atoms with van der Waals surface area (Å²) in [6, 6.07) is 13.1. The molecule has 6 heteroatoms. The number of nitrogens with zero attached hydrogens (tertiary/aromatic N) is 2. The van der Waals surface area contributed by atoms with Gasteiger partial charge in [-0.25, -0.2) is 0 Å². The zero-order valence-electron chi connectivity index (χ0n) is 12.6. The van der Waals surface area contributed by atoms with Gasteiger partial charge in [0.2, 0.25) is 0 Å². The first-order chi connectivity index (χ1) is 11.1. The van der Waals surface area contributed by atoms with E-state index >= 15 is 0 Å². The molecule has 1 aliphatic heterocycles. The second-order valence-corrected chi connectivity index (χ2v) is 5.34. The van der Waals surface area contributed by atoms with E-state index in [1.165, 1.54) is 24.3 Å². The van der Waals surface area contributed by atoms with E-state index in [2.05, 4.69) is 0 Å². The van der Waals surface area contributed by atoms with Crippen LogP contribution in [0.4, 0.5) is 11.4 Å². The zero-order valence-corrected chi connectivity index (χ0v) is 12.6. The molecule has 0 aliphatic carbocycles. The van der Waals surface area contributed by atoms with E-state index in [4.69, 9.17) is 4.74 Å². The average molecular weight is 312 g/mol. The number of carbonyl (C=O) groups is 1. The first-order valence-corrected chi connectivity index (χ1v) is 7.42. The van der Waals surface area contributed by atoms with E-state index in [9.17, 15) is 14.9 Å². The smallest absolute Gasteiger partial charge is 0.269 e. The number of carbonyl (C=O) groups excluding carboxylic acids is 1. The van der Waals surface area contributed by atoms with Gasteiger partial charge in [-0.3, -0.25) is 14.9 Å². The number of anilines is 1. The van der Waals surface area contributed by atoms with Crippen LogP contribution in [0.15, 0.2) is 48.5 Å². The Morgan fingerprint density at radius 2 is 1.96 bits per heavy atom. The van der Waals surface area contributed by atoms with Crippen LogP contribution in [-0.2, 0) is 0 Å². The Labute approximate surface area is 133 Å². The minimum absolute atomic E-state index is 0.0321. The van der Waals surface area contributed by atoms with Gasteiger partial charge in [0.25, 0.3) is 11.6 Å². The highest BCUT2D eigenvalue weighted by Crippen LogP contribution is 2.34. The highest BCUT2D eigenvalue weighted by atomic mass is 16.6. The minimum atomic E-state index is -0.481. The first-order valence-electron chi connectivity index (χ1n) is 7.42. The van der Waals surface area contributed by atoms with Crippen molar-refractivity contribution in [2.75, 3.05) is 11.4 Å². The molecule has 6 nitrogen and oxygen atoms in total. The molecular weight excluding hydrogens is 296 g/mol. The van der Waals surface area contributed by atoms with E-state index in [1.807, 2.05) is 31.2 Å². The first kappa shape index (κ1) is 15.0. The van der Waals surface area contributed by atoms with Gasteiger partial charge in [-0.15, -0.1) is 0 Å². The van der Waals surface area contributed by atoms with Crippen molar-refractivity contribution >= 4 is 17.3 Å². The second-order valence-electron chi connectivity index (χ2n) is 5.34. The summed E-state index contributed by atoms with van der Waals surface area (Å²) >= 11 is 0. The number of ether oxygens (including phenoxy) is 1. The van der Waals surface area contributed by atoms with Crippen LogP contribution in [0.3, 0.4) is 0 Å². The van der Waals surface area contributed by atoms with Gasteiger partial charge < -0.3 is 9.64 Å². The molecule has 2 aromatic rings. The molecule has 23 heavy (non-hydrogen) atoms. The number of hydrogen-bond acceptors (Lipinski definition) is 4. The molecule has 1 unspecified atom stereocenters. The van der Waals surface area contributed by atoms with Crippen LogP contribution in [0.1, 0.15) is 23.7 Å². The maximum Gasteiger partial charge on any atom is 0.269 e. The SMILES string of the molecule is CCC1CN(C(=O)c2ccc([N+](=O)[O-])cc2)c2ccccc2O1. The van der Waals surface area contributed by atoms with Crippen LogP contribution in [0.5, 0.6) is 5.75 Å². The third-order valence-electron chi connectivity index (χ3n) is 3.86. The Bertz CT molecular complexity index is 743. The molecule has 0 bridgehead atoms. The molecule has 0 spiro atoms. The molecule has 1 heterocycles. The standard InChI is InChI=1S/C17H16N2O4/c1-2-14-11-18(15-5-3-4-6-16(15)23-14)17(20)12-7-9-13(10-8-12)19(21)22/h3-10,14H,2,11H2,1H3. The maximum absolute atomic E-state index is 12.8. The number of hydrogen-bond donors (Lipinski definition) is 0. The van der Waals surface area contributed by atoms with Gasteiger partial charge in [0.15, 0.2) is 0 Å². The normalized spacial score (nSPS) is 16.4. The highest BCUT2D eigenvalue weighted by Gasteiger charge is 2.29. The van der Waals surface area contributed by atoms with E-state index in [-0.39, 0.29) is 17.7 Å². The molecule has 0 aromatic heterocycles. The fraction of sp³-hybridized carbons (Fsp3) is 0.235. The fourth-order valence-electron chi connectivity index (χ4n) is 2.58. The Kier molecular flexibility index (Phi) is 3.97. The number of nitro benzene ring substituents is 1. The zero-order chi connectivity index (χ0) is 16.4. The van der Waals surface area contributed by atoms with E-state index in [1.54, 1.807) is 4.90 Å². The molecule has 3 rings (SSSR count). The summed E-state index contributed by atoms with van der Waals surface area (Å²) in [5.74, 6) is 0.495. The quantitative estimate of drug-likeness (QED) is 0.643. The molecule has 1 aliphatic rings. The number of amides is 1. The maximum atomic E-state index is 12.8. The van der Waals surface area contributed by atoms with Crippen LogP contribution in [0.2, 0.25) is 0 Å². The summed E-state index contributed by atoms with van der Waals surface area (Å²) in [5, 5.41) is 10.7. The molecule has 0 radical (unpaired) electrons. The predicted octanol–water partition coefficient (Wildman–Crippen LogP) is 3.41. The molecule has 2 aromatic carbocycles. The number of para-hydroxylation sites is 2. The Balaban J connectivity index is 1.93. The topological polar surface area (TPSA) is 72.7 Å². The summed E-state index contributed by atoms with van der Waals surface area (Å²) in [6.45, 7) is 2.47. The van der Waals surface area contributed by atoms with Crippen molar-refractivity contribution in [1.29, 1.82) is 0 Å². The van der Waals surface area contributed by atoms with Crippen molar-refractivity contribution in [2.45, 2.75) is 19.4 Å². The number of rotatable bonds is 3. The predicted molar refractivity (Wildman–Crippen MR) is 85.9 cm³/mol. The van der Waals surface area contributed by atoms with Crippen LogP contribution in [0.25, 0.3) is 0 Å². The van der Waals surface area contributed by atoms with Gasteiger partial charge in [0.05, 0.1) is 17.2 Å². The molecule has 0 fully saturated rings. The summed E-state index contributed by atoms with van der Waals surface area (Å²) in [4.78, 5) is 24.7. The summed E-state index contributed by atoms with van der Waals surface area (Å²) < 4.78 is 5.86. The van der Waals surface area contributed by atoms with Crippen LogP contribution in [-0.4, -0.2) is 23.5 Å². The molecular formula is C17H16N2O4. The molecule has 1 atom stereocenters. The Morgan fingerprint density at radius 3 is 2.61 bits per heavy atom. The van der Waals surface area contributed by atoms with Gasteiger partial charge in [-0.05, 0) is 30.7 Å². The molecule has 118 valence electrons. The summed E-state index contributed by atoms with van der Waals surface area (Å²) in [5.41, 5.74) is 1.11. The number of benzene rings is 2. The van der Waals surface area contributed by atoms with Gasteiger partial charge in [0.1, 0.15) is 11.9 Å². The minimum Gasteiger partial charge on any atom is -0.486 e. The van der Waals surface area contributed by atoms with Crippen molar-refractivity contribution < 1.29 is 14.5 Å². The fourth-order valence-corrected chi connectivity index (χ4v) is 2.58. The number of fused-ring (bicyclic) bond motifs is 1. The average Bonchev–Trinajstić information content (AvgIpc) is 2.60. The lowest BCUT2D eigenvalue weighted by Crippen LogP contribution is -2.43. The lowest BCUT2D eigenvalue weighted by atomic mass is 10.1. The van der Waals surface area contributed by atoms with Crippen molar-refractivity contribution in [3.8, 4) is 5.75 Å². The molecule has 1 amide bonds.